The fourth-order valence-corrected chi connectivity index (χ4v) is 5.42. The summed E-state index contributed by atoms with van der Waals surface area (Å²) in [6.07, 6.45) is 2.12. The Balaban J connectivity index is 1.22. The molecule has 1 aromatic heterocycles. The van der Waals surface area contributed by atoms with E-state index in [2.05, 4.69) is 27.4 Å². The molecule has 2 aromatic rings. The number of nitrogens with one attached hydrogen (secondary N) is 2. The maximum absolute atomic E-state index is 14.9. The van der Waals surface area contributed by atoms with E-state index in [1.807, 2.05) is 0 Å². The third-order valence-electron chi connectivity index (χ3n) is 7.57. The van der Waals surface area contributed by atoms with Gasteiger partial charge in [-0.1, -0.05) is 6.07 Å². The molecule has 0 bridgehead atoms. The fourth-order valence-electron chi connectivity index (χ4n) is 5.42. The van der Waals surface area contributed by atoms with E-state index in [1.165, 1.54) is 16.8 Å². The zero-order valence-electron chi connectivity index (χ0n) is 19.4. The molecule has 2 amide bonds. The Morgan fingerprint density at radius 1 is 1.26 bits per heavy atom. The molecule has 3 heterocycles. The van der Waals surface area contributed by atoms with Gasteiger partial charge in [-0.3, -0.25) is 14.8 Å². The quantitative estimate of drug-likeness (QED) is 0.580. The van der Waals surface area contributed by atoms with Crippen LogP contribution in [0, 0.1) is 23.6 Å². The van der Waals surface area contributed by atoms with Gasteiger partial charge in [-0.15, -0.1) is 0 Å². The minimum Gasteiger partial charge on any atom is -0.330 e. The molecule has 2 saturated heterocycles. The summed E-state index contributed by atoms with van der Waals surface area (Å²) in [5.41, 5.74) is 6.26. The standard InChI is InChI=1S/C24H32FN7O2/c1-15(31-13-19-18(12-26)20(19)14-31)10-16-2-3-17(11-21(16)25)32-7-4-22(29-24(32)34)28-23(33)30-8-5-27-6-9-30/h2-4,7,11,15,18-20,27H,5-6,8-10,12-14,26H2,1H3,(H,28,29,33,34). The summed E-state index contributed by atoms with van der Waals surface area (Å²) < 4.78 is 16.2. The van der Waals surface area contributed by atoms with Gasteiger partial charge in [0.05, 0.1) is 5.69 Å². The van der Waals surface area contributed by atoms with Crippen LogP contribution in [-0.2, 0) is 6.42 Å². The smallest absolute Gasteiger partial charge is 0.330 e. The molecule has 34 heavy (non-hydrogen) atoms. The van der Waals surface area contributed by atoms with E-state index >= 15 is 0 Å². The molecular weight excluding hydrogens is 437 g/mol. The topological polar surface area (TPSA) is 109 Å². The van der Waals surface area contributed by atoms with E-state index in [-0.39, 0.29) is 23.7 Å². The highest BCUT2D eigenvalue weighted by atomic mass is 19.1. The minimum absolute atomic E-state index is 0.177. The van der Waals surface area contributed by atoms with Crippen molar-refractivity contribution in [3.8, 4) is 5.69 Å². The highest BCUT2D eigenvalue weighted by Crippen LogP contribution is 2.51. The van der Waals surface area contributed by atoms with Crippen LogP contribution in [0.25, 0.3) is 5.69 Å². The maximum Gasteiger partial charge on any atom is 0.354 e. The second-order valence-corrected chi connectivity index (χ2v) is 9.64. The predicted octanol–water partition coefficient (Wildman–Crippen LogP) is 0.876. The predicted molar refractivity (Wildman–Crippen MR) is 128 cm³/mol. The van der Waals surface area contributed by atoms with Crippen LogP contribution in [-0.4, -0.2) is 77.2 Å². The first kappa shape index (κ1) is 22.9. The molecule has 1 aliphatic carbocycles. The van der Waals surface area contributed by atoms with Crippen molar-refractivity contribution in [3.63, 3.8) is 0 Å². The molecule has 182 valence electrons. The molecule has 0 radical (unpaired) electrons. The lowest BCUT2D eigenvalue weighted by molar-refractivity contribution is 0.204. The lowest BCUT2D eigenvalue weighted by atomic mass is 10.0. The number of urea groups is 1. The Hall–Kier alpha value is -2.82. The number of hydrogen-bond donors (Lipinski definition) is 3. The molecule has 0 spiro atoms. The van der Waals surface area contributed by atoms with Crippen molar-refractivity contribution in [2.75, 3.05) is 51.1 Å². The Bertz CT molecular complexity index is 1100. The van der Waals surface area contributed by atoms with E-state index < -0.39 is 5.69 Å². The zero-order valence-corrected chi connectivity index (χ0v) is 19.4. The van der Waals surface area contributed by atoms with Gasteiger partial charge in [0, 0.05) is 51.5 Å². The lowest BCUT2D eigenvalue weighted by Crippen LogP contribution is -2.48. The SMILES string of the molecule is CC(Cc1ccc(-n2ccc(NC(=O)N3CCNCC3)nc2=O)cc1F)N1CC2C(CN)C2C1. The number of nitrogens with zero attached hydrogens (tertiary/aromatic N) is 4. The molecular formula is C24H32FN7O2. The number of amides is 2. The number of carbonyl (C=O) groups excluding carboxylic acids is 1. The molecule has 1 aromatic carbocycles. The summed E-state index contributed by atoms with van der Waals surface area (Å²) in [5.74, 6) is 1.94. The van der Waals surface area contributed by atoms with Gasteiger partial charge in [0.2, 0.25) is 0 Å². The van der Waals surface area contributed by atoms with Crippen molar-refractivity contribution in [3.05, 3.63) is 52.3 Å². The van der Waals surface area contributed by atoms with Crippen molar-refractivity contribution >= 4 is 11.8 Å². The average molecular weight is 470 g/mol. The maximum atomic E-state index is 14.9. The average Bonchev–Trinajstić information content (AvgIpc) is 3.31. The first-order valence-corrected chi connectivity index (χ1v) is 12.0. The largest absolute Gasteiger partial charge is 0.354 e. The molecule has 9 nitrogen and oxygen atoms in total. The number of nitrogens with two attached hydrogens (primary N) is 1. The number of fused-ring (bicyclic) bond motifs is 1. The molecule has 3 aliphatic rings. The number of rotatable bonds is 6. The molecule has 3 atom stereocenters. The van der Waals surface area contributed by atoms with Crippen LogP contribution in [0.4, 0.5) is 15.0 Å². The monoisotopic (exact) mass is 469 g/mol. The first-order valence-electron chi connectivity index (χ1n) is 12.0. The minimum atomic E-state index is -0.579. The van der Waals surface area contributed by atoms with Gasteiger partial charge in [0.1, 0.15) is 11.6 Å². The van der Waals surface area contributed by atoms with Crippen molar-refractivity contribution in [2.45, 2.75) is 19.4 Å². The number of piperidine rings is 1. The number of carbonyl (C=O) groups is 1. The van der Waals surface area contributed by atoms with E-state index in [0.29, 0.717) is 48.5 Å². The molecule has 2 aliphatic heterocycles. The number of piperazine rings is 1. The van der Waals surface area contributed by atoms with Crippen LogP contribution in [0.5, 0.6) is 0 Å². The lowest BCUT2D eigenvalue weighted by Gasteiger charge is -2.27. The highest BCUT2D eigenvalue weighted by Gasteiger charge is 2.55. The van der Waals surface area contributed by atoms with Crippen LogP contribution in [0.2, 0.25) is 0 Å². The second-order valence-electron chi connectivity index (χ2n) is 9.64. The van der Waals surface area contributed by atoms with Crippen LogP contribution in [0.1, 0.15) is 12.5 Å². The molecule has 1 saturated carbocycles. The summed E-state index contributed by atoms with van der Waals surface area (Å²) in [4.78, 5) is 33.0. The third kappa shape index (κ3) is 4.57. The van der Waals surface area contributed by atoms with Gasteiger partial charge in [-0.2, -0.15) is 4.98 Å². The molecule has 3 unspecified atom stereocenters. The van der Waals surface area contributed by atoms with Crippen molar-refractivity contribution in [1.29, 1.82) is 0 Å². The van der Waals surface area contributed by atoms with Crippen molar-refractivity contribution < 1.29 is 9.18 Å². The number of anilines is 1. The number of hydrogen-bond acceptors (Lipinski definition) is 6. The summed E-state index contributed by atoms with van der Waals surface area (Å²) in [6.45, 7) is 7.66. The number of halogens is 1. The molecule has 5 rings (SSSR count). The second kappa shape index (κ2) is 9.44. The van der Waals surface area contributed by atoms with E-state index in [4.69, 9.17) is 5.73 Å². The number of benzene rings is 1. The normalized spacial score (nSPS) is 25.1. The van der Waals surface area contributed by atoms with Crippen molar-refractivity contribution in [1.82, 2.24) is 24.7 Å². The van der Waals surface area contributed by atoms with Crippen LogP contribution in [0.3, 0.4) is 0 Å². The van der Waals surface area contributed by atoms with Gasteiger partial charge in [0.25, 0.3) is 0 Å². The molecule has 4 N–H and O–H groups in total. The van der Waals surface area contributed by atoms with Crippen LogP contribution in [0.15, 0.2) is 35.3 Å². The summed E-state index contributed by atoms with van der Waals surface area (Å²) in [7, 11) is 0. The van der Waals surface area contributed by atoms with E-state index in [0.717, 1.165) is 32.7 Å². The fraction of sp³-hybridized carbons (Fsp3) is 0.542. The van der Waals surface area contributed by atoms with E-state index in [1.54, 1.807) is 23.1 Å². The summed E-state index contributed by atoms with van der Waals surface area (Å²) in [6, 6.07) is 6.35. The molecule has 10 heteroatoms. The highest BCUT2D eigenvalue weighted by molar-refractivity contribution is 5.88. The number of aromatic nitrogens is 2. The Morgan fingerprint density at radius 3 is 2.65 bits per heavy atom. The van der Waals surface area contributed by atoms with Gasteiger partial charge in [0.15, 0.2) is 0 Å². The Kier molecular flexibility index (Phi) is 6.37. The Morgan fingerprint density at radius 2 is 2.00 bits per heavy atom. The van der Waals surface area contributed by atoms with Gasteiger partial charge in [-0.25, -0.2) is 14.0 Å². The Labute approximate surface area is 198 Å². The van der Waals surface area contributed by atoms with E-state index in [9.17, 15) is 14.0 Å². The summed E-state index contributed by atoms with van der Waals surface area (Å²) in [5, 5.41) is 5.84. The van der Waals surface area contributed by atoms with Crippen LogP contribution >= 0.6 is 0 Å². The van der Waals surface area contributed by atoms with Gasteiger partial charge in [-0.05, 0) is 61.4 Å². The van der Waals surface area contributed by atoms with Gasteiger partial charge < -0.3 is 16.0 Å². The zero-order chi connectivity index (χ0) is 23.8. The van der Waals surface area contributed by atoms with Gasteiger partial charge >= 0.3 is 11.7 Å². The molecule has 3 fully saturated rings. The summed E-state index contributed by atoms with van der Waals surface area (Å²) >= 11 is 0. The first-order chi connectivity index (χ1) is 16.4. The van der Waals surface area contributed by atoms with Crippen LogP contribution < -0.4 is 22.1 Å². The number of likely N-dealkylation sites (tertiary alicyclic amines) is 1. The third-order valence-corrected chi connectivity index (χ3v) is 7.57. The van der Waals surface area contributed by atoms with Crippen molar-refractivity contribution in [2.24, 2.45) is 23.5 Å².